The third-order valence-corrected chi connectivity index (χ3v) is 5.01. The maximum atomic E-state index is 11.4. The van der Waals surface area contributed by atoms with Crippen molar-refractivity contribution in [3.05, 3.63) is 36.9 Å². The van der Waals surface area contributed by atoms with Crippen molar-refractivity contribution in [1.82, 2.24) is 24.3 Å². The zero-order valence-electron chi connectivity index (χ0n) is 15.1. The predicted molar refractivity (Wildman–Crippen MR) is 98.4 cm³/mol. The number of aromatic nitrogens is 4. The lowest BCUT2D eigenvalue weighted by Crippen LogP contribution is -2.60. The molecule has 3 aromatic heterocycles. The zero-order valence-corrected chi connectivity index (χ0v) is 15.1. The maximum absolute atomic E-state index is 11.4. The van der Waals surface area contributed by atoms with Crippen LogP contribution < -0.4 is 4.90 Å². The van der Waals surface area contributed by atoms with Crippen LogP contribution in [0.1, 0.15) is 13.8 Å². The van der Waals surface area contributed by atoms with Gasteiger partial charge in [0.2, 0.25) is 0 Å². The highest BCUT2D eigenvalue weighted by atomic mass is 16.4. The number of hydrogen-bond donors (Lipinski definition) is 1. The van der Waals surface area contributed by atoms with E-state index in [2.05, 4.69) is 27.2 Å². The Balaban J connectivity index is 1.65. The molecule has 3 aromatic rings. The molecule has 0 atom stereocenters. The summed E-state index contributed by atoms with van der Waals surface area (Å²) in [5.41, 5.74) is 3.69. The molecule has 8 nitrogen and oxygen atoms in total. The van der Waals surface area contributed by atoms with E-state index in [0.29, 0.717) is 19.6 Å². The predicted octanol–water partition coefficient (Wildman–Crippen LogP) is 2.31. The first-order valence-electron chi connectivity index (χ1n) is 8.57. The lowest BCUT2D eigenvalue weighted by Gasteiger charge is -2.46. The summed E-state index contributed by atoms with van der Waals surface area (Å²) in [7, 11) is 1.90. The van der Waals surface area contributed by atoms with Gasteiger partial charge < -0.3 is 10.0 Å². The van der Waals surface area contributed by atoms with Crippen LogP contribution in [0.5, 0.6) is 0 Å². The van der Waals surface area contributed by atoms with Gasteiger partial charge in [-0.25, -0.2) is 9.31 Å². The summed E-state index contributed by atoms with van der Waals surface area (Å²) in [6, 6.07) is 4.12. The molecule has 136 valence electrons. The number of carbonyl (C=O) groups is 1. The molecular weight excluding hydrogens is 332 g/mol. The van der Waals surface area contributed by atoms with Crippen molar-refractivity contribution in [2.45, 2.75) is 19.4 Å². The van der Waals surface area contributed by atoms with Crippen molar-refractivity contribution in [3.8, 4) is 11.1 Å². The summed E-state index contributed by atoms with van der Waals surface area (Å²) >= 11 is 0. The van der Waals surface area contributed by atoms with Crippen LogP contribution in [0.3, 0.4) is 0 Å². The van der Waals surface area contributed by atoms with Crippen molar-refractivity contribution in [2.24, 2.45) is 7.05 Å². The number of amides is 1. The Bertz CT molecular complexity index is 973. The van der Waals surface area contributed by atoms with Gasteiger partial charge in [-0.2, -0.15) is 10.2 Å². The lowest BCUT2D eigenvalue weighted by molar-refractivity contribution is 0.0846. The van der Waals surface area contributed by atoms with Crippen molar-refractivity contribution in [1.29, 1.82) is 0 Å². The van der Waals surface area contributed by atoms with Crippen LogP contribution in [0, 0.1) is 0 Å². The van der Waals surface area contributed by atoms with E-state index in [4.69, 9.17) is 0 Å². The fourth-order valence-electron chi connectivity index (χ4n) is 3.67. The maximum Gasteiger partial charge on any atom is 0.407 e. The number of aryl methyl sites for hydroxylation is 1. The smallest absolute Gasteiger partial charge is 0.407 e. The number of carboxylic acid groups (broad SMARTS) is 1. The highest BCUT2D eigenvalue weighted by Gasteiger charge is 2.37. The Kier molecular flexibility index (Phi) is 3.64. The van der Waals surface area contributed by atoms with Gasteiger partial charge in [-0.1, -0.05) is 6.07 Å². The Morgan fingerprint density at radius 2 is 1.92 bits per heavy atom. The summed E-state index contributed by atoms with van der Waals surface area (Å²) in [5.74, 6) is 0. The lowest BCUT2D eigenvalue weighted by atomic mass is 9.99. The van der Waals surface area contributed by atoms with E-state index in [9.17, 15) is 9.90 Å². The summed E-state index contributed by atoms with van der Waals surface area (Å²) in [5, 5.41) is 18.1. The molecule has 4 rings (SSSR count). The highest BCUT2D eigenvalue weighted by molar-refractivity contribution is 5.76. The molecule has 0 radical (unpaired) electrons. The Morgan fingerprint density at radius 3 is 2.58 bits per heavy atom. The fourth-order valence-corrected chi connectivity index (χ4v) is 3.67. The van der Waals surface area contributed by atoms with Crippen LogP contribution in [0.4, 0.5) is 10.5 Å². The standard InChI is InChI=1S/C18H22N6O2/c1-18(2)12-22(6-7-23(18)17(25)26)16-9-20-24-11-13(4-5-15(16)24)14-8-19-21(3)10-14/h4-5,8-11H,6-7,12H2,1-3H3,(H,25,26). The summed E-state index contributed by atoms with van der Waals surface area (Å²) in [6.45, 7) is 5.68. The number of pyridine rings is 1. The zero-order chi connectivity index (χ0) is 18.5. The van der Waals surface area contributed by atoms with Gasteiger partial charge in [0.25, 0.3) is 0 Å². The molecule has 0 bridgehead atoms. The number of nitrogens with zero attached hydrogens (tertiary/aromatic N) is 6. The molecule has 1 N–H and O–H groups in total. The van der Waals surface area contributed by atoms with Crippen molar-refractivity contribution < 1.29 is 9.90 Å². The van der Waals surface area contributed by atoms with Crippen LogP contribution in [0.2, 0.25) is 0 Å². The molecule has 1 aliphatic rings. The van der Waals surface area contributed by atoms with Crippen molar-refractivity contribution >= 4 is 17.3 Å². The fraction of sp³-hybridized carbons (Fsp3) is 0.389. The van der Waals surface area contributed by atoms with Gasteiger partial charge in [-0.3, -0.25) is 9.58 Å². The number of fused-ring (bicyclic) bond motifs is 1. The second-order valence-corrected chi connectivity index (χ2v) is 7.35. The number of rotatable bonds is 2. The Hall–Kier alpha value is -3.03. The highest BCUT2D eigenvalue weighted by Crippen LogP contribution is 2.30. The first kappa shape index (κ1) is 16.4. The number of anilines is 1. The van der Waals surface area contributed by atoms with Crippen LogP contribution in [-0.2, 0) is 7.05 Å². The summed E-state index contributed by atoms with van der Waals surface area (Å²) in [6.07, 6.45) is 6.79. The normalized spacial score (nSPS) is 17.0. The van der Waals surface area contributed by atoms with Crippen LogP contribution in [0.25, 0.3) is 16.6 Å². The largest absolute Gasteiger partial charge is 0.465 e. The molecule has 0 aliphatic carbocycles. The minimum Gasteiger partial charge on any atom is -0.465 e. The topological polar surface area (TPSA) is 78.9 Å². The monoisotopic (exact) mass is 354 g/mol. The molecule has 1 amide bonds. The summed E-state index contributed by atoms with van der Waals surface area (Å²) in [4.78, 5) is 15.2. The van der Waals surface area contributed by atoms with E-state index in [0.717, 1.165) is 22.3 Å². The molecule has 1 fully saturated rings. The molecule has 0 unspecified atom stereocenters. The van der Waals surface area contributed by atoms with Crippen LogP contribution in [0.15, 0.2) is 36.9 Å². The summed E-state index contributed by atoms with van der Waals surface area (Å²) < 4.78 is 3.65. The SMILES string of the molecule is Cn1cc(-c2ccc3c(N4CCN(C(=O)O)C(C)(C)C4)cnn3c2)cn1. The van der Waals surface area contributed by atoms with Crippen molar-refractivity contribution in [2.75, 3.05) is 24.5 Å². The second-order valence-electron chi connectivity index (χ2n) is 7.35. The quantitative estimate of drug-likeness (QED) is 0.764. The van der Waals surface area contributed by atoms with Crippen molar-refractivity contribution in [3.63, 3.8) is 0 Å². The molecule has 8 heteroatoms. The van der Waals surface area contributed by atoms with E-state index < -0.39 is 11.6 Å². The van der Waals surface area contributed by atoms with E-state index in [1.807, 2.05) is 50.2 Å². The van der Waals surface area contributed by atoms with Crippen LogP contribution >= 0.6 is 0 Å². The minimum atomic E-state index is -0.865. The molecule has 1 saturated heterocycles. The Labute approximate surface area is 151 Å². The van der Waals surface area contributed by atoms with Gasteiger partial charge in [-0.15, -0.1) is 0 Å². The Morgan fingerprint density at radius 1 is 1.12 bits per heavy atom. The molecule has 4 heterocycles. The number of hydrogen-bond acceptors (Lipinski definition) is 4. The van der Waals surface area contributed by atoms with E-state index in [1.54, 1.807) is 4.68 Å². The van der Waals surface area contributed by atoms with Gasteiger partial charge in [0.05, 0.1) is 29.1 Å². The van der Waals surface area contributed by atoms with Gasteiger partial charge in [0, 0.05) is 50.2 Å². The molecule has 1 aliphatic heterocycles. The van der Waals surface area contributed by atoms with Gasteiger partial charge >= 0.3 is 6.09 Å². The van der Waals surface area contributed by atoms with E-state index >= 15 is 0 Å². The minimum absolute atomic E-state index is 0.450. The average Bonchev–Trinajstić information content (AvgIpc) is 3.19. The molecular formula is C18H22N6O2. The third kappa shape index (κ3) is 2.67. The van der Waals surface area contributed by atoms with Gasteiger partial charge in [-0.05, 0) is 19.9 Å². The first-order valence-corrected chi connectivity index (χ1v) is 8.57. The first-order chi connectivity index (χ1) is 12.3. The average molecular weight is 354 g/mol. The molecule has 26 heavy (non-hydrogen) atoms. The number of piperazine rings is 1. The van der Waals surface area contributed by atoms with Gasteiger partial charge in [0.15, 0.2) is 0 Å². The van der Waals surface area contributed by atoms with Gasteiger partial charge in [0.1, 0.15) is 0 Å². The molecule has 0 spiro atoms. The van der Waals surface area contributed by atoms with E-state index in [-0.39, 0.29) is 0 Å². The second kappa shape index (κ2) is 5.76. The molecule has 0 saturated carbocycles. The van der Waals surface area contributed by atoms with E-state index in [1.165, 1.54) is 4.90 Å². The molecule has 0 aromatic carbocycles. The van der Waals surface area contributed by atoms with Crippen LogP contribution in [-0.4, -0.2) is 60.7 Å². The third-order valence-electron chi connectivity index (χ3n) is 5.01.